The Kier molecular flexibility index (Phi) is 17.4. The Labute approximate surface area is 207 Å². The highest BCUT2D eigenvalue weighted by molar-refractivity contribution is 5.87. The van der Waals surface area contributed by atoms with Gasteiger partial charge in [0.25, 0.3) is 0 Å². The van der Waals surface area contributed by atoms with Crippen molar-refractivity contribution in [2.45, 2.75) is 45.5 Å². The second-order valence-corrected chi connectivity index (χ2v) is 8.57. The predicted octanol–water partition coefficient (Wildman–Crippen LogP) is 0.400. The van der Waals surface area contributed by atoms with Crippen molar-refractivity contribution < 1.29 is 53.3 Å². The third-order valence-corrected chi connectivity index (χ3v) is 4.78. The quantitative estimate of drug-likeness (QED) is 0.147. The van der Waals surface area contributed by atoms with Crippen molar-refractivity contribution in [3.8, 4) is 0 Å². The molecule has 3 atom stereocenters. The maximum absolute atomic E-state index is 11.4. The van der Waals surface area contributed by atoms with E-state index in [1.807, 2.05) is 6.92 Å². The Hall–Kier alpha value is -1.86. The van der Waals surface area contributed by atoms with Gasteiger partial charge in [0.2, 0.25) is 0 Å². The minimum atomic E-state index is -1.04. The Bertz CT molecular complexity index is 607. The van der Waals surface area contributed by atoms with Gasteiger partial charge in [-0.25, -0.2) is 9.59 Å². The number of rotatable bonds is 21. The van der Waals surface area contributed by atoms with E-state index >= 15 is 0 Å². The molecule has 3 N–H and O–H groups in total. The Morgan fingerprint density at radius 1 is 0.714 bits per heavy atom. The van der Waals surface area contributed by atoms with Crippen molar-refractivity contribution in [2.75, 3.05) is 66.6 Å². The summed E-state index contributed by atoms with van der Waals surface area (Å²) in [4.78, 5) is 22.9. The molecule has 0 aromatic carbocycles. The number of methoxy groups -OCH3 is 1. The number of hydrogen-bond acceptors (Lipinski definition) is 11. The van der Waals surface area contributed by atoms with Gasteiger partial charge in [-0.15, -0.1) is 0 Å². The van der Waals surface area contributed by atoms with Crippen LogP contribution in [0.2, 0.25) is 0 Å². The number of carbonyl (C=O) groups excluding carboxylic acids is 2. The highest BCUT2D eigenvalue weighted by atomic mass is 16.6. The molecule has 0 amide bonds. The summed E-state index contributed by atoms with van der Waals surface area (Å²) in [5.41, 5.74) is -0.219. The van der Waals surface area contributed by atoms with Gasteiger partial charge >= 0.3 is 11.9 Å². The van der Waals surface area contributed by atoms with Crippen LogP contribution in [0, 0.1) is 5.41 Å². The summed E-state index contributed by atoms with van der Waals surface area (Å²) < 4.78 is 31.7. The minimum absolute atomic E-state index is 0.0363. The van der Waals surface area contributed by atoms with Gasteiger partial charge in [0.1, 0.15) is 31.5 Å². The first kappa shape index (κ1) is 33.1. The molecule has 0 rings (SSSR count). The van der Waals surface area contributed by atoms with Crippen LogP contribution < -0.4 is 0 Å². The van der Waals surface area contributed by atoms with Gasteiger partial charge in [0.15, 0.2) is 0 Å². The van der Waals surface area contributed by atoms with E-state index in [0.717, 1.165) is 0 Å². The smallest absolute Gasteiger partial charge is 0.333 e. The second kappa shape index (κ2) is 18.4. The average molecular weight is 507 g/mol. The minimum Gasteiger partial charge on any atom is -0.460 e. The molecule has 35 heavy (non-hydrogen) atoms. The molecule has 0 heterocycles. The molecule has 0 aliphatic carbocycles. The van der Waals surface area contributed by atoms with Crippen LogP contribution in [0.1, 0.15) is 27.2 Å². The molecule has 11 nitrogen and oxygen atoms in total. The lowest BCUT2D eigenvalue weighted by molar-refractivity contribution is -0.145. The topological polar surface area (TPSA) is 150 Å². The van der Waals surface area contributed by atoms with Crippen LogP contribution in [-0.4, -0.2) is 112 Å². The van der Waals surface area contributed by atoms with Gasteiger partial charge in [0.05, 0.1) is 46.2 Å². The van der Waals surface area contributed by atoms with Gasteiger partial charge in [-0.05, 0) is 20.3 Å². The third-order valence-electron chi connectivity index (χ3n) is 4.78. The summed E-state index contributed by atoms with van der Waals surface area (Å²) in [6, 6.07) is 0. The second-order valence-electron chi connectivity index (χ2n) is 8.57. The molecular formula is C24H42O11. The summed E-state index contributed by atoms with van der Waals surface area (Å²) in [6.45, 7) is 11.7. The van der Waals surface area contributed by atoms with E-state index in [-0.39, 0.29) is 70.6 Å². The summed E-state index contributed by atoms with van der Waals surface area (Å²) in [7, 11) is 1.47. The van der Waals surface area contributed by atoms with Gasteiger partial charge in [-0.2, -0.15) is 0 Å². The molecule has 0 spiro atoms. The van der Waals surface area contributed by atoms with Crippen LogP contribution in [0.4, 0.5) is 0 Å². The van der Waals surface area contributed by atoms with E-state index in [1.165, 1.54) is 21.0 Å². The Morgan fingerprint density at radius 2 is 1.06 bits per heavy atom. The molecule has 3 unspecified atom stereocenters. The highest BCUT2D eigenvalue weighted by Crippen LogP contribution is 2.24. The Balaban J connectivity index is 4.82. The number of aliphatic hydroxyl groups is 3. The fraction of sp³-hybridized carbons (Fsp3) is 0.750. The molecule has 0 aliphatic rings. The zero-order chi connectivity index (χ0) is 26.9. The van der Waals surface area contributed by atoms with Crippen molar-refractivity contribution in [3.63, 3.8) is 0 Å². The molecule has 0 aromatic rings. The molecule has 0 fully saturated rings. The number of esters is 2. The van der Waals surface area contributed by atoms with Crippen LogP contribution in [-0.2, 0) is 38.0 Å². The number of carbonyl (C=O) groups is 2. The van der Waals surface area contributed by atoms with Crippen molar-refractivity contribution in [1.29, 1.82) is 0 Å². The monoisotopic (exact) mass is 506 g/mol. The summed E-state index contributed by atoms with van der Waals surface area (Å²) in [6.07, 6.45) is -2.33. The molecule has 0 aliphatic heterocycles. The predicted molar refractivity (Wildman–Crippen MR) is 127 cm³/mol. The molecular weight excluding hydrogens is 464 g/mol. The number of aliphatic hydroxyl groups excluding tert-OH is 3. The first-order valence-corrected chi connectivity index (χ1v) is 11.4. The molecule has 11 heteroatoms. The van der Waals surface area contributed by atoms with E-state index in [0.29, 0.717) is 6.42 Å². The molecule has 0 saturated heterocycles. The first-order chi connectivity index (χ1) is 16.5. The van der Waals surface area contributed by atoms with Crippen LogP contribution >= 0.6 is 0 Å². The summed E-state index contributed by atoms with van der Waals surface area (Å²) >= 11 is 0. The van der Waals surface area contributed by atoms with Crippen molar-refractivity contribution in [1.82, 2.24) is 0 Å². The fourth-order valence-electron chi connectivity index (χ4n) is 2.59. The fourth-order valence-corrected chi connectivity index (χ4v) is 2.59. The number of ether oxygens (including phenoxy) is 6. The largest absolute Gasteiger partial charge is 0.460 e. The van der Waals surface area contributed by atoms with Gasteiger partial charge in [-0.3, -0.25) is 0 Å². The van der Waals surface area contributed by atoms with Crippen LogP contribution in [0.5, 0.6) is 0 Å². The third kappa shape index (κ3) is 15.7. The van der Waals surface area contributed by atoms with Crippen molar-refractivity contribution in [2.24, 2.45) is 5.41 Å². The van der Waals surface area contributed by atoms with Crippen LogP contribution in [0.15, 0.2) is 24.3 Å². The lowest BCUT2D eigenvalue weighted by Crippen LogP contribution is -2.40. The van der Waals surface area contributed by atoms with E-state index < -0.39 is 35.7 Å². The molecule has 0 saturated carbocycles. The Morgan fingerprint density at radius 3 is 1.34 bits per heavy atom. The van der Waals surface area contributed by atoms with E-state index in [4.69, 9.17) is 28.4 Å². The molecule has 204 valence electrons. The molecule has 0 aromatic heterocycles. The molecule has 0 bridgehead atoms. The van der Waals surface area contributed by atoms with Crippen LogP contribution in [0.25, 0.3) is 0 Å². The van der Waals surface area contributed by atoms with E-state index in [2.05, 4.69) is 13.2 Å². The maximum Gasteiger partial charge on any atom is 0.333 e. The van der Waals surface area contributed by atoms with Gasteiger partial charge in [0, 0.05) is 23.7 Å². The summed E-state index contributed by atoms with van der Waals surface area (Å²) in [5.74, 6) is -1.20. The maximum atomic E-state index is 11.4. The molecule has 0 radical (unpaired) electrons. The van der Waals surface area contributed by atoms with Crippen molar-refractivity contribution >= 4 is 11.9 Å². The average Bonchev–Trinajstić information content (AvgIpc) is 2.80. The van der Waals surface area contributed by atoms with Crippen molar-refractivity contribution in [3.05, 3.63) is 24.3 Å². The van der Waals surface area contributed by atoms with E-state index in [1.54, 1.807) is 0 Å². The zero-order valence-electron chi connectivity index (χ0n) is 21.3. The van der Waals surface area contributed by atoms with Gasteiger partial charge in [-0.1, -0.05) is 20.1 Å². The first-order valence-electron chi connectivity index (χ1n) is 11.4. The van der Waals surface area contributed by atoms with Gasteiger partial charge < -0.3 is 43.7 Å². The lowest BCUT2D eigenvalue weighted by atomic mass is 9.88. The normalized spacial score (nSPS) is 15.5. The number of hydrogen-bond donors (Lipinski definition) is 3. The highest BCUT2D eigenvalue weighted by Gasteiger charge is 2.31. The summed E-state index contributed by atoms with van der Waals surface area (Å²) in [5, 5.41) is 29.9. The van der Waals surface area contributed by atoms with Crippen LogP contribution in [0.3, 0.4) is 0 Å². The lowest BCUT2D eigenvalue weighted by Gasteiger charge is -2.33. The van der Waals surface area contributed by atoms with E-state index in [9.17, 15) is 24.9 Å². The SMILES string of the molecule is C=C(C)C(=O)OCC(O)COCC(CC)(COCC(O)COC)COCC(O)COC(=O)C(=C)C. The standard InChI is InChI=1S/C24H42O11/c1-7-24(14-31-9-19(25)8-30-6,15-32-10-20(26)12-34-22(28)17(2)3)16-33-11-21(27)13-35-23(29)18(4)5/h19-21,25-27H,2,4,7-16H2,1,3,5-6H3. The zero-order valence-corrected chi connectivity index (χ0v) is 21.3.